The van der Waals surface area contributed by atoms with E-state index in [1.165, 1.54) is 0 Å². The Morgan fingerprint density at radius 2 is 1.21 bits per heavy atom. The Morgan fingerprint density at radius 1 is 0.750 bits per heavy atom. The van der Waals surface area contributed by atoms with E-state index in [4.69, 9.17) is 14.2 Å². The maximum atomic E-state index is 11.5. The lowest BCUT2D eigenvalue weighted by molar-refractivity contribution is -0.131. The molecule has 0 aliphatic rings. The third-order valence-corrected chi connectivity index (χ3v) is 2.63. The van der Waals surface area contributed by atoms with E-state index in [-0.39, 0.29) is 36.2 Å². The van der Waals surface area contributed by atoms with Crippen molar-refractivity contribution in [1.82, 2.24) is 10.6 Å². The van der Waals surface area contributed by atoms with Crippen LogP contribution < -0.4 is 10.6 Å². The fraction of sp³-hybridized carbons (Fsp3) is 0.882. The van der Waals surface area contributed by atoms with Crippen LogP contribution in [0.4, 0.5) is 0 Å². The molecule has 0 bridgehead atoms. The van der Waals surface area contributed by atoms with Gasteiger partial charge in [-0.3, -0.25) is 9.59 Å². The molecule has 2 N–H and O–H groups in total. The molecule has 0 rings (SSSR count). The second kappa shape index (κ2) is 11.4. The minimum absolute atomic E-state index is 0.0478. The smallest absolute Gasteiger partial charge is 0.246 e. The Kier molecular flexibility index (Phi) is 10.8. The molecular weight excluding hydrogens is 312 g/mol. The van der Waals surface area contributed by atoms with Crippen molar-refractivity contribution in [3.05, 3.63) is 0 Å². The zero-order valence-electron chi connectivity index (χ0n) is 16.0. The van der Waals surface area contributed by atoms with E-state index in [2.05, 4.69) is 10.6 Å². The van der Waals surface area contributed by atoms with Crippen molar-refractivity contribution >= 4 is 11.8 Å². The van der Waals surface area contributed by atoms with Crippen molar-refractivity contribution in [1.29, 1.82) is 0 Å². The van der Waals surface area contributed by atoms with Crippen LogP contribution in [0, 0.1) is 0 Å². The number of carbonyl (C=O) groups is 2. The van der Waals surface area contributed by atoms with Gasteiger partial charge in [0.15, 0.2) is 0 Å². The molecule has 0 aliphatic heterocycles. The quantitative estimate of drug-likeness (QED) is 0.550. The molecule has 0 unspecified atom stereocenters. The molecule has 0 radical (unpaired) electrons. The van der Waals surface area contributed by atoms with Gasteiger partial charge >= 0.3 is 0 Å². The molecule has 0 heterocycles. The number of rotatable bonds is 11. The Hall–Kier alpha value is -1.18. The van der Waals surface area contributed by atoms with Gasteiger partial charge in [0.25, 0.3) is 0 Å². The first-order valence-electron chi connectivity index (χ1n) is 8.39. The SMILES string of the molecule is CC(C)(C)OCC(=O)NCCCOCCNC(=O)COC(C)(C)C. The van der Waals surface area contributed by atoms with Crippen LogP contribution in [0.3, 0.4) is 0 Å². The van der Waals surface area contributed by atoms with Crippen molar-refractivity contribution in [2.75, 3.05) is 39.5 Å². The average molecular weight is 346 g/mol. The molecule has 24 heavy (non-hydrogen) atoms. The van der Waals surface area contributed by atoms with Crippen LogP contribution in [0.1, 0.15) is 48.0 Å². The zero-order valence-corrected chi connectivity index (χ0v) is 16.0. The van der Waals surface area contributed by atoms with Gasteiger partial charge < -0.3 is 24.8 Å². The maximum Gasteiger partial charge on any atom is 0.246 e. The third kappa shape index (κ3) is 17.2. The van der Waals surface area contributed by atoms with E-state index in [0.717, 1.165) is 0 Å². The van der Waals surface area contributed by atoms with E-state index < -0.39 is 0 Å². The van der Waals surface area contributed by atoms with E-state index in [9.17, 15) is 9.59 Å². The summed E-state index contributed by atoms with van der Waals surface area (Å²) in [6.45, 7) is 13.5. The van der Waals surface area contributed by atoms with Crippen molar-refractivity contribution < 1.29 is 23.8 Å². The highest BCUT2D eigenvalue weighted by Crippen LogP contribution is 2.06. The lowest BCUT2D eigenvalue weighted by Gasteiger charge is -2.19. The lowest BCUT2D eigenvalue weighted by atomic mass is 10.2. The topological polar surface area (TPSA) is 85.9 Å². The highest BCUT2D eigenvalue weighted by Gasteiger charge is 2.13. The zero-order chi connectivity index (χ0) is 18.6. The summed E-state index contributed by atoms with van der Waals surface area (Å²) in [6.07, 6.45) is 0.711. The highest BCUT2D eigenvalue weighted by molar-refractivity contribution is 5.77. The van der Waals surface area contributed by atoms with Crippen LogP contribution in [0.25, 0.3) is 0 Å². The normalized spacial score (nSPS) is 12.1. The Bertz CT molecular complexity index is 336. The highest BCUT2D eigenvalue weighted by atomic mass is 16.5. The predicted molar refractivity (Wildman–Crippen MR) is 92.9 cm³/mol. The van der Waals surface area contributed by atoms with Crippen LogP contribution in [0.2, 0.25) is 0 Å². The minimum atomic E-state index is -0.323. The molecule has 0 spiro atoms. The van der Waals surface area contributed by atoms with E-state index in [0.29, 0.717) is 32.7 Å². The minimum Gasteiger partial charge on any atom is -0.380 e. The van der Waals surface area contributed by atoms with Crippen molar-refractivity contribution in [2.45, 2.75) is 59.2 Å². The molecule has 0 aromatic rings. The van der Waals surface area contributed by atoms with Gasteiger partial charge in [-0.15, -0.1) is 0 Å². The monoisotopic (exact) mass is 346 g/mol. The van der Waals surface area contributed by atoms with E-state index >= 15 is 0 Å². The summed E-state index contributed by atoms with van der Waals surface area (Å²) < 4.78 is 16.1. The second-order valence-corrected chi connectivity index (χ2v) is 7.47. The van der Waals surface area contributed by atoms with Crippen LogP contribution in [0.15, 0.2) is 0 Å². The molecule has 2 amide bonds. The van der Waals surface area contributed by atoms with Gasteiger partial charge in [-0.05, 0) is 48.0 Å². The Morgan fingerprint density at radius 3 is 1.67 bits per heavy atom. The molecule has 0 aromatic heterocycles. The number of carbonyl (C=O) groups excluding carboxylic acids is 2. The van der Waals surface area contributed by atoms with Gasteiger partial charge in [0.2, 0.25) is 11.8 Å². The van der Waals surface area contributed by atoms with Crippen molar-refractivity contribution in [3.8, 4) is 0 Å². The predicted octanol–water partition coefficient (Wildman–Crippen LogP) is 1.26. The molecule has 7 heteroatoms. The van der Waals surface area contributed by atoms with Gasteiger partial charge in [0, 0.05) is 19.7 Å². The molecule has 0 saturated carbocycles. The summed E-state index contributed by atoms with van der Waals surface area (Å²) in [5, 5.41) is 5.48. The van der Waals surface area contributed by atoms with E-state index in [1.54, 1.807) is 0 Å². The van der Waals surface area contributed by atoms with Crippen LogP contribution in [0.5, 0.6) is 0 Å². The van der Waals surface area contributed by atoms with Crippen LogP contribution >= 0.6 is 0 Å². The summed E-state index contributed by atoms with van der Waals surface area (Å²) in [4.78, 5) is 23.0. The van der Waals surface area contributed by atoms with Crippen molar-refractivity contribution in [2.24, 2.45) is 0 Å². The average Bonchev–Trinajstić information content (AvgIpc) is 2.44. The fourth-order valence-corrected chi connectivity index (χ4v) is 1.43. The first kappa shape index (κ1) is 22.8. The third-order valence-electron chi connectivity index (χ3n) is 2.63. The summed E-state index contributed by atoms with van der Waals surface area (Å²) in [5.41, 5.74) is -0.640. The fourth-order valence-electron chi connectivity index (χ4n) is 1.43. The number of hydrogen-bond acceptors (Lipinski definition) is 5. The number of ether oxygens (including phenoxy) is 3. The van der Waals surface area contributed by atoms with Gasteiger partial charge in [-0.2, -0.15) is 0 Å². The molecule has 7 nitrogen and oxygen atoms in total. The summed E-state index contributed by atoms with van der Waals surface area (Å²) in [5.74, 6) is -0.282. The standard InChI is InChI=1S/C17H34N2O5/c1-16(2,3)23-12-14(20)18-8-7-10-22-11-9-19-15(21)13-24-17(4,5)6/h7-13H2,1-6H3,(H,18,20)(H,19,21). The largest absolute Gasteiger partial charge is 0.380 e. The Balaban J connectivity index is 3.42. The molecule has 0 saturated heterocycles. The summed E-state index contributed by atoms with van der Waals surface area (Å²) in [7, 11) is 0. The van der Waals surface area contributed by atoms with Crippen molar-refractivity contribution in [3.63, 3.8) is 0 Å². The number of hydrogen-bond donors (Lipinski definition) is 2. The molecular formula is C17H34N2O5. The summed E-state index contributed by atoms with van der Waals surface area (Å²) in [6, 6.07) is 0. The van der Waals surface area contributed by atoms with Gasteiger partial charge in [-0.25, -0.2) is 0 Å². The van der Waals surface area contributed by atoms with Gasteiger partial charge in [-0.1, -0.05) is 0 Å². The van der Waals surface area contributed by atoms with Gasteiger partial charge in [0.1, 0.15) is 13.2 Å². The first-order chi connectivity index (χ1) is 11.0. The second-order valence-electron chi connectivity index (χ2n) is 7.47. The molecule has 0 atom stereocenters. The van der Waals surface area contributed by atoms with Crippen LogP contribution in [-0.2, 0) is 23.8 Å². The summed E-state index contributed by atoms with van der Waals surface area (Å²) >= 11 is 0. The number of amides is 2. The Labute approximate surface area is 145 Å². The molecule has 0 fully saturated rings. The maximum absolute atomic E-state index is 11.5. The van der Waals surface area contributed by atoms with Crippen LogP contribution in [-0.4, -0.2) is 62.5 Å². The molecule has 0 aliphatic carbocycles. The first-order valence-corrected chi connectivity index (χ1v) is 8.39. The van der Waals surface area contributed by atoms with E-state index in [1.807, 2.05) is 41.5 Å². The number of nitrogens with one attached hydrogen (secondary N) is 2. The molecule has 142 valence electrons. The lowest BCUT2D eigenvalue weighted by Crippen LogP contribution is -2.34. The molecule has 0 aromatic carbocycles. The van der Waals surface area contributed by atoms with Gasteiger partial charge in [0.05, 0.1) is 17.8 Å².